The highest BCUT2D eigenvalue weighted by molar-refractivity contribution is 6.31. The van der Waals surface area contributed by atoms with Crippen molar-refractivity contribution in [2.24, 2.45) is 14.1 Å². The predicted octanol–water partition coefficient (Wildman–Crippen LogP) is 2.81. The summed E-state index contributed by atoms with van der Waals surface area (Å²) in [6.07, 6.45) is 0. The number of nitrogen functional groups attached to an aromatic ring is 1. The average Bonchev–Trinajstić information content (AvgIpc) is 2.82. The van der Waals surface area contributed by atoms with Gasteiger partial charge >= 0.3 is 0 Å². The summed E-state index contributed by atoms with van der Waals surface area (Å²) in [5.41, 5.74) is 8.79. The van der Waals surface area contributed by atoms with Crippen LogP contribution in [-0.4, -0.2) is 14.3 Å². The molecule has 92 valence electrons. The Hall–Kier alpha value is -1.94. The van der Waals surface area contributed by atoms with Crippen LogP contribution in [0.5, 0.6) is 0 Å². The molecule has 0 spiro atoms. The van der Waals surface area contributed by atoms with Gasteiger partial charge in [-0.1, -0.05) is 17.7 Å². The lowest BCUT2D eigenvalue weighted by atomic mass is 10.2. The number of rotatable bonds is 1. The molecular formula is C13H13ClN4. The predicted molar refractivity (Wildman–Crippen MR) is 74.5 cm³/mol. The molecule has 0 bridgehead atoms. The van der Waals surface area contributed by atoms with Gasteiger partial charge in [-0.3, -0.25) is 4.68 Å². The van der Waals surface area contributed by atoms with Gasteiger partial charge in [-0.2, -0.15) is 5.10 Å². The van der Waals surface area contributed by atoms with Gasteiger partial charge in [0.05, 0.1) is 5.69 Å². The van der Waals surface area contributed by atoms with E-state index >= 15 is 0 Å². The van der Waals surface area contributed by atoms with Crippen LogP contribution in [-0.2, 0) is 14.1 Å². The Morgan fingerprint density at radius 1 is 1.17 bits per heavy atom. The molecule has 0 atom stereocenters. The number of anilines is 1. The van der Waals surface area contributed by atoms with E-state index in [0.717, 1.165) is 27.3 Å². The highest BCUT2D eigenvalue weighted by Gasteiger charge is 2.11. The zero-order valence-corrected chi connectivity index (χ0v) is 10.9. The lowest BCUT2D eigenvalue weighted by molar-refractivity contribution is 0.779. The molecule has 0 saturated heterocycles. The summed E-state index contributed by atoms with van der Waals surface area (Å²) in [4.78, 5) is 0. The maximum Gasteiger partial charge on any atom is 0.122 e. The number of nitrogens with zero attached hydrogens (tertiary/aromatic N) is 3. The average molecular weight is 261 g/mol. The van der Waals surface area contributed by atoms with Gasteiger partial charge in [-0.05, 0) is 18.2 Å². The summed E-state index contributed by atoms with van der Waals surface area (Å²) in [5, 5.41) is 6.27. The third-order valence-corrected chi connectivity index (χ3v) is 3.42. The molecule has 1 aromatic carbocycles. The maximum atomic E-state index is 6.02. The van der Waals surface area contributed by atoms with E-state index in [1.54, 1.807) is 4.68 Å². The first-order chi connectivity index (χ1) is 8.56. The van der Waals surface area contributed by atoms with Crippen LogP contribution in [0.4, 0.5) is 5.82 Å². The number of fused-ring (bicyclic) bond motifs is 1. The van der Waals surface area contributed by atoms with E-state index in [9.17, 15) is 0 Å². The molecule has 0 aliphatic heterocycles. The summed E-state index contributed by atoms with van der Waals surface area (Å²) in [7, 11) is 3.83. The van der Waals surface area contributed by atoms with Gasteiger partial charge in [-0.15, -0.1) is 0 Å². The fourth-order valence-electron chi connectivity index (χ4n) is 2.16. The summed E-state index contributed by atoms with van der Waals surface area (Å²) in [6, 6.07) is 9.81. The quantitative estimate of drug-likeness (QED) is 0.731. The first kappa shape index (κ1) is 11.2. The molecule has 2 aromatic heterocycles. The van der Waals surface area contributed by atoms with E-state index in [-0.39, 0.29) is 0 Å². The number of aromatic nitrogens is 3. The number of aryl methyl sites for hydroxylation is 2. The van der Waals surface area contributed by atoms with Gasteiger partial charge in [0.2, 0.25) is 0 Å². The summed E-state index contributed by atoms with van der Waals surface area (Å²) < 4.78 is 3.74. The molecule has 0 unspecified atom stereocenters. The summed E-state index contributed by atoms with van der Waals surface area (Å²) >= 11 is 6.02. The summed E-state index contributed by atoms with van der Waals surface area (Å²) in [6.45, 7) is 0. The van der Waals surface area contributed by atoms with E-state index in [0.29, 0.717) is 5.82 Å². The monoisotopic (exact) mass is 260 g/mol. The molecule has 2 heterocycles. The molecule has 0 aliphatic rings. The first-order valence-corrected chi connectivity index (χ1v) is 5.99. The standard InChI is InChI=1S/C13H13ClN4/c1-17-11-6-9(14)4-3-8(11)5-12(17)10-7-13(15)18(2)16-10/h3-7H,15H2,1-2H3. The number of benzene rings is 1. The molecule has 0 radical (unpaired) electrons. The molecule has 3 aromatic rings. The highest BCUT2D eigenvalue weighted by Crippen LogP contribution is 2.28. The van der Waals surface area contributed by atoms with Crippen LogP contribution >= 0.6 is 11.6 Å². The fraction of sp³-hybridized carbons (Fsp3) is 0.154. The second kappa shape index (κ2) is 3.78. The van der Waals surface area contributed by atoms with Crippen molar-refractivity contribution in [1.29, 1.82) is 0 Å². The molecule has 4 nitrogen and oxygen atoms in total. The van der Waals surface area contributed by atoms with Crippen molar-refractivity contribution >= 4 is 28.3 Å². The zero-order valence-electron chi connectivity index (χ0n) is 10.2. The van der Waals surface area contributed by atoms with E-state index in [1.807, 2.05) is 38.4 Å². The van der Waals surface area contributed by atoms with Gasteiger partial charge in [0.1, 0.15) is 11.5 Å². The number of halogens is 1. The second-order valence-electron chi connectivity index (χ2n) is 4.37. The fourth-order valence-corrected chi connectivity index (χ4v) is 2.32. The molecule has 0 fully saturated rings. The van der Waals surface area contributed by atoms with Gasteiger partial charge in [0.25, 0.3) is 0 Å². The maximum absolute atomic E-state index is 6.02. The highest BCUT2D eigenvalue weighted by atomic mass is 35.5. The minimum absolute atomic E-state index is 0.647. The smallest absolute Gasteiger partial charge is 0.122 e. The van der Waals surface area contributed by atoms with Crippen LogP contribution < -0.4 is 5.73 Å². The SMILES string of the molecule is Cn1nc(-c2cc3ccc(Cl)cc3n2C)cc1N. The number of nitrogens with two attached hydrogens (primary N) is 1. The van der Waals surface area contributed by atoms with Crippen molar-refractivity contribution in [2.45, 2.75) is 0 Å². The van der Waals surface area contributed by atoms with Crippen LogP contribution in [0.3, 0.4) is 0 Å². The lowest BCUT2D eigenvalue weighted by Crippen LogP contribution is -1.97. The Kier molecular flexibility index (Phi) is 2.35. The summed E-state index contributed by atoms with van der Waals surface area (Å²) in [5.74, 6) is 0.647. The molecule has 0 aliphatic carbocycles. The number of hydrogen-bond donors (Lipinski definition) is 1. The minimum atomic E-state index is 0.647. The molecule has 0 saturated carbocycles. The van der Waals surface area contributed by atoms with Crippen molar-refractivity contribution in [3.63, 3.8) is 0 Å². The Morgan fingerprint density at radius 2 is 1.94 bits per heavy atom. The molecule has 0 amide bonds. The van der Waals surface area contributed by atoms with Crippen LogP contribution in [0.25, 0.3) is 22.3 Å². The number of hydrogen-bond acceptors (Lipinski definition) is 2. The van der Waals surface area contributed by atoms with Crippen molar-refractivity contribution < 1.29 is 0 Å². The molecular weight excluding hydrogens is 248 g/mol. The van der Waals surface area contributed by atoms with Crippen LogP contribution in [0, 0.1) is 0 Å². The Morgan fingerprint density at radius 3 is 2.61 bits per heavy atom. The van der Waals surface area contributed by atoms with Crippen molar-refractivity contribution in [3.05, 3.63) is 35.4 Å². The van der Waals surface area contributed by atoms with Crippen LogP contribution in [0.2, 0.25) is 5.02 Å². The van der Waals surface area contributed by atoms with Crippen molar-refractivity contribution in [1.82, 2.24) is 14.3 Å². The van der Waals surface area contributed by atoms with E-state index < -0.39 is 0 Å². The van der Waals surface area contributed by atoms with Crippen molar-refractivity contribution in [3.8, 4) is 11.4 Å². The van der Waals surface area contributed by atoms with Crippen LogP contribution in [0.15, 0.2) is 30.3 Å². The molecule has 18 heavy (non-hydrogen) atoms. The van der Waals surface area contributed by atoms with E-state index in [1.165, 1.54) is 0 Å². The Bertz CT molecular complexity index is 719. The third kappa shape index (κ3) is 1.57. The zero-order chi connectivity index (χ0) is 12.9. The van der Waals surface area contributed by atoms with Gasteiger partial charge in [0.15, 0.2) is 0 Å². The van der Waals surface area contributed by atoms with E-state index in [4.69, 9.17) is 17.3 Å². The normalized spacial score (nSPS) is 11.3. The van der Waals surface area contributed by atoms with E-state index in [2.05, 4.69) is 15.7 Å². The first-order valence-electron chi connectivity index (χ1n) is 5.61. The largest absolute Gasteiger partial charge is 0.384 e. The van der Waals surface area contributed by atoms with Crippen LogP contribution in [0.1, 0.15) is 0 Å². The lowest BCUT2D eigenvalue weighted by Gasteiger charge is -2.01. The Labute approximate surface area is 110 Å². The third-order valence-electron chi connectivity index (χ3n) is 3.19. The molecule has 2 N–H and O–H groups in total. The molecule has 5 heteroatoms. The van der Waals surface area contributed by atoms with Gasteiger partial charge < -0.3 is 10.3 Å². The molecule has 3 rings (SSSR count). The Balaban J connectivity index is 2.26. The second-order valence-corrected chi connectivity index (χ2v) is 4.81. The minimum Gasteiger partial charge on any atom is -0.384 e. The van der Waals surface area contributed by atoms with Gasteiger partial charge in [0, 0.05) is 36.1 Å². The van der Waals surface area contributed by atoms with Gasteiger partial charge in [-0.25, -0.2) is 0 Å². The van der Waals surface area contributed by atoms with Crippen molar-refractivity contribution in [2.75, 3.05) is 5.73 Å². The topological polar surface area (TPSA) is 48.8 Å².